The van der Waals surface area contributed by atoms with Crippen molar-refractivity contribution in [1.29, 1.82) is 0 Å². The number of carbonyl (C=O) groups excluding carboxylic acids is 1. The minimum absolute atomic E-state index is 0.00199. The van der Waals surface area contributed by atoms with Gasteiger partial charge in [-0.2, -0.15) is 4.91 Å². The molecule has 0 aromatic carbocycles. The van der Waals surface area contributed by atoms with Gasteiger partial charge in [-0.1, -0.05) is 19.0 Å². The van der Waals surface area contributed by atoms with Gasteiger partial charge in [0.1, 0.15) is 5.78 Å². The van der Waals surface area contributed by atoms with Crippen LogP contribution in [0.15, 0.2) is 5.18 Å². The molecule has 2 fully saturated rings. The minimum Gasteiger partial charge on any atom is -0.299 e. The third-order valence-corrected chi connectivity index (χ3v) is 4.47. The SMILES string of the molecule is CC1(C)C2CCC1(CN=O)C(=O)C2. The first-order valence-corrected chi connectivity index (χ1v) is 4.87. The van der Waals surface area contributed by atoms with Crippen molar-refractivity contribution < 1.29 is 4.79 Å². The Kier molecular flexibility index (Phi) is 1.63. The molecule has 13 heavy (non-hydrogen) atoms. The Balaban J connectivity index is 2.42. The topological polar surface area (TPSA) is 46.5 Å². The largest absolute Gasteiger partial charge is 0.299 e. The van der Waals surface area contributed by atoms with Crippen LogP contribution in [-0.4, -0.2) is 12.3 Å². The number of rotatable bonds is 2. The van der Waals surface area contributed by atoms with Crippen LogP contribution in [0.3, 0.4) is 0 Å². The van der Waals surface area contributed by atoms with Crippen molar-refractivity contribution in [1.82, 2.24) is 0 Å². The van der Waals surface area contributed by atoms with Crippen molar-refractivity contribution in [3.63, 3.8) is 0 Å². The van der Waals surface area contributed by atoms with Gasteiger partial charge in [0.25, 0.3) is 0 Å². The summed E-state index contributed by atoms with van der Waals surface area (Å²) in [6.07, 6.45) is 2.63. The summed E-state index contributed by atoms with van der Waals surface area (Å²) in [5.74, 6) is 0.759. The number of fused-ring (bicyclic) bond motifs is 2. The van der Waals surface area contributed by atoms with E-state index in [1.165, 1.54) is 0 Å². The molecule has 0 saturated heterocycles. The maximum atomic E-state index is 11.8. The maximum Gasteiger partial charge on any atom is 0.141 e. The highest BCUT2D eigenvalue weighted by molar-refractivity contribution is 5.90. The molecule has 0 heterocycles. The molecule has 0 amide bonds. The van der Waals surface area contributed by atoms with Crippen molar-refractivity contribution in [3.8, 4) is 0 Å². The summed E-state index contributed by atoms with van der Waals surface area (Å²) < 4.78 is 0. The quantitative estimate of drug-likeness (QED) is 0.613. The van der Waals surface area contributed by atoms with Crippen molar-refractivity contribution in [2.45, 2.75) is 33.1 Å². The standard InChI is InChI=1S/C10H15NO2/c1-9(2)7-3-4-10(9,6-11-13)8(12)5-7/h7H,3-6H2,1-2H3. The van der Waals surface area contributed by atoms with Crippen molar-refractivity contribution in [2.75, 3.05) is 6.54 Å². The summed E-state index contributed by atoms with van der Waals surface area (Å²) in [5.41, 5.74) is -0.405. The zero-order valence-electron chi connectivity index (χ0n) is 8.17. The monoisotopic (exact) mass is 181 g/mol. The Hall–Kier alpha value is -0.730. The van der Waals surface area contributed by atoms with Gasteiger partial charge in [-0.05, 0) is 24.2 Å². The number of nitrogens with zero attached hydrogens (tertiary/aromatic N) is 1. The molecule has 2 aliphatic rings. The fraction of sp³-hybridized carbons (Fsp3) is 0.900. The van der Waals surface area contributed by atoms with E-state index in [1.807, 2.05) is 0 Å². The molecule has 72 valence electrons. The van der Waals surface area contributed by atoms with Gasteiger partial charge in [0.15, 0.2) is 0 Å². The lowest BCUT2D eigenvalue weighted by atomic mass is 9.69. The molecular formula is C10H15NO2. The molecule has 0 aromatic rings. The molecule has 3 heteroatoms. The van der Waals surface area contributed by atoms with E-state index in [9.17, 15) is 9.70 Å². The Morgan fingerprint density at radius 3 is 2.62 bits per heavy atom. The molecule has 0 radical (unpaired) electrons. The van der Waals surface area contributed by atoms with Gasteiger partial charge in [-0.3, -0.25) is 4.79 Å². The molecule has 0 aliphatic heterocycles. The van der Waals surface area contributed by atoms with E-state index in [0.717, 1.165) is 12.8 Å². The van der Waals surface area contributed by atoms with Crippen LogP contribution in [0.5, 0.6) is 0 Å². The second-order valence-electron chi connectivity index (χ2n) is 4.95. The fourth-order valence-corrected chi connectivity index (χ4v) is 3.25. The van der Waals surface area contributed by atoms with E-state index in [2.05, 4.69) is 19.0 Å². The van der Waals surface area contributed by atoms with E-state index >= 15 is 0 Å². The molecule has 2 atom stereocenters. The van der Waals surface area contributed by atoms with E-state index < -0.39 is 5.41 Å². The van der Waals surface area contributed by atoms with Gasteiger partial charge in [0.2, 0.25) is 0 Å². The maximum absolute atomic E-state index is 11.8. The molecule has 0 spiro atoms. The Labute approximate surface area is 77.9 Å². The Morgan fingerprint density at radius 1 is 1.54 bits per heavy atom. The van der Waals surface area contributed by atoms with Crippen molar-refractivity contribution >= 4 is 5.78 Å². The van der Waals surface area contributed by atoms with Crippen LogP contribution in [0, 0.1) is 21.7 Å². The first-order chi connectivity index (χ1) is 6.04. The Morgan fingerprint density at radius 2 is 2.23 bits per heavy atom. The third-order valence-electron chi connectivity index (χ3n) is 4.47. The predicted octanol–water partition coefficient (Wildman–Crippen LogP) is 2.15. The number of ketones is 1. The highest BCUT2D eigenvalue weighted by Crippen LogP contribution is 2.63. The average molecular weight is 181 g/mol. The number of hydrogen-bond donors (Lipinski definition) is 0. The van der Waals surface area contributed by atoms with Gasteiger partial charge in [0.05, 0.1) is 12.0 Å². The van der Waals surface area contributed by atoms with Gasteiger partial charge < -0.3 is 0 Å². The summed E-state index contributed by atoms with van der Waals surface area (Å²) >= 11 is 0. The molecule has 2 unspecified atom stereocenters. The minimum atomic E-state index is -0.403. The second-order valence-corrected chi connectivity index (χ2v) is 4.95. The Bertz CT molecular complexity index is 272. The molecular weight excluding hydrogens is 166 g/mol. The summed E-state index contributed by atoms with van der Waals surface area (Å²) in [4.78, 5) is 22.1. The van der Waals surface area contributed by atoms with E-state index in [4.69, 9.17) is 0 Å². The fourth-order valence-electron chi connectivity index (χ4n) is 3.25. The van der Waals surface area contributed by atoms with E-state index in [-0.39, 0.29) is 17.7 Å². The molecule has 0 N–H and O–H groups in total. The summed E-state index contributed by atoms with van der Waals surface area (Å²) in [7, 11) is 0. The highest BCUT2D eigenvalue weighted by atomic mass is 16.3. The summed E-state index contributed by atoms with van der Waals surface area (Å²) in [6.45, 7) is 4.41. The molecule has 2 aliphatic carbocycles. The van der Waals surface area contributed by atoms with Gasteiger partial charge in [0, 0.05) is 6.42 Å². The zero-order chi connectivity index (χ0) is 9.69. The predicted molar refractivity (Wildman–Crippen MR) is 49.2 cm³/mol. The lowest BCUT2D eigenvalue weighted by Gasteiger charge is -2.33. The molecule has 2 rings (SSSR count). The van der Waals surface area contributed by atoms with Gasteiger partial charge in [-0.25, -0.2) is 0 Å². The van der Waals surface area contributed by atoms with Crippen molar-refractivity contribution in [2.24, 2.45) is 21.9 Å². The van der Waals surface area contributed by atoms with Crippen molar-refractivity contribution in [3.05, 3.63) is 4.91 Å². The first-order valence-electron chi connectivity index (χ1n) is 4.87. The summed E-state index contributed by atoms with van der Waals surface area (Å²) in [6, 6.07) is 0. The van der Waals surface area contributed by atoms with E-state index in [1.54, 1.807) is 0 Å². The molecule has 3 nitrogen and oxygen atoms in total. The van der Waals surface area contributed by atoms with Crippen LogP contribution in [0.4, 0.5) is 0 Å². The molecule has 2 bridgehead atoms. The lowest BCUT2D eigenvalue weighted by Crippen LogP contribution is -2.38. The van der Waals surface area contributed by atoms with Crippen LogP contribution in [-0.2, 0) is 4.79 Å². The molecule has 2 saturated carbocycles. The summed E-state index contributed by atoms with van der Waals surface area (Å²) in [5, 5.41) is 2.96. The zero-order valence-corrected chi connectivity index (χ0v) is 8.17. The number of carbonyl (C=O) groups is 1. The highest BCUT2D eigenvalue weighted by Gasteiger charge is 2.64. The lowest BCUT2D eigenvalue weighted by molar-refractivity contribution is -0.128. The number of nitroso groups, excluding NO2 is 1. The van der Waals surface area contributed by atoms with Crippen LogP contribution < -0.4 is 0 Å². The van der Waals surface area contributed by atoms with Gasteiger partial charge in [-0.15, -0.1) is 0 Å². The van der Waals surface area contributed by atoms with E-state index in [0.29, 0.717) is 12.3 Å². The molecule has 0 aromatic heterocycles. The normalized spacial score (nSPS) is 41.1. The first kappa shape index (κ1) is 8.85. The van der Waals surface area contributed by atoms with Crippen LogP contribution in [0.2, 0.25) is 0 Å². The number of Topliss-reactive ketones (excluding diaryl/α,β-unsaturated/α-hetero) is 1. The van der Waals surface area contributed by atoms with Crippen LogP contribution in [0.25, 0.3) is 0 Å². The second kappa shape index (κ2) is 2.40. The smallest absolute Gasteiger partial charge is 0.141 e. The van der Waals surface area contributed by atoms with Crippen LogP contribution in [0.1, 0.15) is 33.1 Å². The third kappa shape index (κ3) is 0.825. The number of hydrogen-bond acceptors (Lipinski definition) is 3. The van der Waals surface area contributed by atoms with Gasteiger partial charge >= 0.3 is 0 Å². The van der Waals surface area contributed by atoms with Crippen LogP contribution >= 0.6 is 0 Å². The average Bonchev–Trinajstić information content (AvgIpc) is 2.38.